The van der Waals surface area contributed by atoms with Crippen LogP contribution >= 0.6 is 11.3 Å². The van der Waals surface area contributed by atoms with E-state index in [2.05, 4.69) is 5.32 Å². The molecule has 5 rings (SSSR count). The van der Waals surface area contributed by atoms with Crippen molar-refractivity contribution >= 4 is 34.1 Å². The van der Waals surface area contributed by atoms with E-state index in [0.29, 0.717) is 10.6 Å². The fraction of sp³-hybridized carbons (Fsp3) is 0.348. The van der Waals surface area contributed by atoms with Crippen LogP contribution in [-0.2, 0) is 9.59 Å². The summed E-state index contributed by atoms with van der Waals surface area (Å²) in [6.07, 6.45) is 5.47. The van der Waals surface area contributed by atoms with E-state index in [1.807, 2.05) is 50.3 Å². The summed E-state index contributed by atoms with van der Waals surface area (Å²) in [5.41, 5.74) is 8.64. The lowest BCUT2D eigenvalue weighted by molar-refractivity contribution is -0.151. The normalized spacial score (nSPS) is 24.6. The zero-order valence-electron chi connectivity index (χ0n) is 16.8. The second-order valence-electron chi connectivity index (χ2n) is 8.14. The fourth-order valence-electron chi connectivity index (χ4n) is 4.82. The van der Waals surface area contributed by atoms with E-state index in [4.69, 9.17) is 5.73 Å². The summed E-state index contributed by atoms with van der Waals surface area (Å²) in [5, 5.41) is 13.0. The van der Waals surface area contributed by atoms with Gasteiger partial charge in [-0.15, -0.1) is 11.3 Å². The van der Waals surface area contributed by atoms with Gasteiger partial charge in [0.2, 0.25) is 5.91 Å². The molecule has 0 spiro atoms. The maximum Gasteiger partial charge on any atom is 0.307 e. The molecular weight excluding hydrogens is 400 g/mol. The first kappa shape index (κ1) is 20.3. The number of anilines is 1. The van der Waals surface area contributed by atoms with Crippen molar-refractivity contribution in [1.82, 2.24) is 0 Å². The number of amides is 2. The van der Waals surface area contributed by atoms with Gasteiger partial charge in [-0.3, -0.25) is 14.4 Å². The average molecular weight is 425 g/mol. The summed E-state index contributed by atoms with van der Waals surface area (Å²) in [5.74, 6) is -3.57. The Balaban J connectivity index is 1.70. The Bertz CT molecular complexity index is 1050. The van der Waals surface area contributed by atoms with Crippen LogP contribution in [0, 0.1) is 37.5 Å². The smallest absolute Gasteiger partial charge is 0.307 e. The molecule has 1 aromatic carbocycles. The molecule has 156 valence electrons. The van der Waals surface area contributed by atoms with Crippen molar-refractivity contribution in [2.45, 2.75) is 26.7 Å². The predicted octanol–water partition coefficient (Wildman–Crippen LogP) is 3.98. The molecule has 1 fully saturated rings. The molecule has 3 aliphatic rings. The molecule has 4 N–H and O–H groups in total. The number of aliphatic carboxylic acids is 1. The number of nitrogens with one attached hydrogen (secondary N) is 1. The third-order valence-corrected chi connectivity index (χ3v) is 7.26. The van der Waals surface area contributed by atoms with E-state index in [9.17, 15) is 19.5 Å². The van der Waals surface area contributed by atoms with Crippen LogP contribution in [0.1, 0.15) is 33.6 Å². The second-order valence-corrected chi connectivity index (χ2v) is 9.36. The molecule has 6 nitrogen and oxygen atoms in total. The number of primary amides is 1. The number of carboxylic acids is 1. The standard InChI is InChI=1S/C23H24N2O4S/c1-11-3-5-13(6-4-11)16-12(2)30-22(19(16)20(24)26)25-21(27)17-14-7-9-15(10-8-14)18(17)23(28)29/h3-7,9,14-15,17-18H,8,10H2,1-2H3,(H2,24,26)(H,25,27)(H,28,29)/t14-,15+,17+,18+/m1/s1. The van der Waals surface area contributed by atoms with Crippen molar-refractivity contribution in [3.8, 4) is 11.1 Å². The molecule has 0 aliphatic heterocycles. The minimum atomic E-state index is -0.952. The van der Waals surface area contributed by atoms with E-state index >= 15 is 0 Å². The SMILES string of the molecule is Cc1ccc(-c2c(C)sc(NC(=O)[C@@H]3[C@@H](C(=O)O)[C@H]4C=C[C@@H]3CC4)c2C(N)=O)cc1. The fourth-order valence-corrected chi connectivity index (χ4v) is 5.90. The molecule has 1 heterocycles. The lowest BCUT2D eigenvalue weighted by Gasteiger charge is -2.41. The summed E-state index contributed by atoms with van der Waals surface area (Å²) in [6.45, 7) is 3.86. The molecule has 4 atom stereocenters. The lowest BCUT2D eigenvalue weighted by atomic mass is 9.62. The van der Waals surface area contributed by atoms with Crippen LogP contribution in [-0.4, -0.2) is 22.9 Å². The number of rotatable bonds is 5. The van der Waals surface area contributed by atoms with E-state index in [0.717, 1.165) is 28.8 Å². The number of hydrogen-bond acceptors (Lipinski definition) is 4. The summed E-state index contributed by atoms with van der Waals surface area (Å²) < 4.78 is 0. The van der Waals surface area contributed by atoms with Gasteiger partial charge in [0.1, 0.15) is 5.00 Å². The Morgan fingerprint density at radius 2 is 1.63 bits per heavy atom. The van der Waals surface area contributed by atoms with Gasteiger partial charge >= 0.3 is 5.97 Å². The van der Waals surface area contributed by atoms with Gasteiger partial charge in [0.25, 0.3) is 5.91 Å². The summed E-state index contributed by atoms with van der Waals surface area (Å²) in [7, 11) is 0. The van der Waals surface area contributed by atoms with Crippen molar-refractivity contribution in [1.29, 1.82) is 0 Å². The van der Waals surface area contributed by atoms with Gasteiger partial charge in [-0.25, -0.2) is 0 Å². The quantitative estimate of drug-likeness (QED) is 0.631. The van der Waals surface area contributed by atoms with Crippen molar-refractivity contribution in [2.75, 3.05) is 5.32 Å². The summed E-state index contributed by atoms with van der Waals surface area (Å²) in [4.78, 5) is 38.3. The van der Waals surface area contributed by atoms with Crippen molar-refractivity contribution in [2.24, 2.45) is 29.4 Å². The third-order valence-electron chi connectivity index (χ3n) is 6.24. The third kappa shape index (κ3) is 3.43. The van der Waals surface area contributed by atoms with Gasteiger partial charge in [0, 0.05) is 10.4 Å². The zero-order chi connectivity index (χ0) is 21.6. The highest BCUT2D eigenvalue weighted by atomic mass is 32.1. The van der Waals surface area contributed by atoms with Crippen LogP contribution in [0.2, 0.25) is 0 Å². The molecular formula is C23H24N2O4S. The predicted molar refractivity (Wildman–Crippen MR) is 116 cm³/mol. The zero-order valence-corrected chi connectivity index (χ0v) is 17.7. The number of benzene rings is 1. The van der Waals surface area contributed by atoms with Gasteiger partial charge in [-0.1, -0.05) is 42.0 Å². The monoisotopic (exact) mass is 424 g/mol. The van der Waals surface area contributed by atoms with Gasteiger partial charge in [-0.2, -0.15) is 0 Å². The molecule has 2 aromatic rings. The molecule has 2 amide bonds. The highest BCUT2D eigenvalue weighted by Crippen LogP contribution is 2.46. The van der Waals surface area contributed by atoms with Gasteiger partial charge in [0.15, 0.2) is 0 Å². The largest absolute Gasteiger partial charge is 0.481 e. The summed E-state index contributed by atoms with van der Waals surface area (Å²) >= 11 is 1.29. The van der Waals surface area contributed by atoms with E-state index in [-0.39, 0.29) is 23.3 Å². The Morgan fingerprint density at radius 3 is 2.17 bits per heavy atom. The molecule has 0 radical (unpaired) electrons. The number of aryl methyl sites for hydroxylation is 2. The summed E-state index contributed by atoms with van der Waals surface area (Å²) in [6, 6.07) is 7.76. The molecule has 30 heavy (non-hydrogen) atoms. The number of thiophene rings is 1. The second kappa shape index (κ2) is 7.72. The topological polar surface area (TPSA) is 109 Å². The molecule has 1 aromatic heterocycles. The van der Waals surface area contributed by atoms with Crippen LogP contribution in [0.3, 0.4) is 0 Å². The van der Waals surface area contributed by atoms with Gasteiger partial charge < -0.3 is 16.2 Å². The van der Waals surface area contributed by atoms with Gasteiger partial charge in [-0.05, 0) is 44.1 Å². The number of hydrogen-bond donors (Lipinski definition) is 3. The molecule has 3 aliphatic carbocycles. The molecule has 1 saturated carbocycles. The molecule has 0 saturated heterocycles. The number of carboxylic acid groups (broad SMARTS) is 1. The van der Waals surface area contributed by atoms with E-state index < -0.39 is 23.7 Å². The first-order chi connectivity index (χ1) is 14.3. The Morgan fingerprint density at radius 1 is 1.03 bits per heavy atom. The van der Waals surface area contributed by atoms with Crippen LogP contribution in [0.5, 0.6) is 0 Å². The average Bonchev–Trinajstić information content (AvgIpc) is 3.04. The minimum Gasteiger partial charge on any atom is -0.481 e. The van der Waals surface area contributed by atoms with E-state index in [1.54, 1.807) is 0 Å². The molecule has 0 unspecified atom stereocenters. The Hall–Kier alpha value is -2.93. The first-order valence-electron chi connectivity index (χ1n) is 10.00. The lowest BCUT2D eigenvalue weighted by Crippen LogP contribution is -2.47. The highest BCUT2D eigenvalue weighted by molar-refractivity contribution is 7.17. The number of carbonyl (C=O) groups is 3. The van der Waals surface area contributed by atoms with Crippen LogP contribution < -0.4 is 11.1 Å². The Labute approximate surface area is 178 Å². The van der Waals surface area contributed by atoms with Crippen molar-refractivity contribution in [3.63, 3.8) is 0 Å². The molecule has 7 heteroatoms. The van der Waals surface area contributed by atoms with Gasteiger partial charge in [0.05, 0.1) is 17.4 Å². The number of nitrogens with two attached hydrogens (primary N) is 1. The van der Waals surface area contributed by atoms with E-state index in [1.165, 1.54) is 11.3 Å². The maximum atomic E-state index is 13.2. The van der Waals surface area contributed by atoms with Crippen LogP contribution in [0.15, 0.2) is 36.4 Å². The first-order valence-corrected chi connectivity index (χ1v) is 10.8. The van der Waals surface area contributed by atoms with Crippen LogP contribution in [0.4, 0.5) is 5.00 Å². The van der Waals surface area contributed by atoms with Crippen molar-refractivity contribution < 1.29 is 19.5 Å². The Kier molecular flexibility index (Phi) is 5.24. The number of fused-ring (bicyclic) bond motifs is 2. The number of allylic oxidation sites excluding steroid dienone is 2. The molecule has 2 bridgehead atoms. The number of carbonyl (C=O) groups excluding carboxylic acids is 2. The van der Waals surface area contributed by atoms with Crippen molar-refractivity contribution in [3.05, 3.63) is 52.4 Å². The van der Waals surface area contributed by atoms with Crippen LogP contribution in [0.25, 0.3) is 11.1 Å². The maximum absolute atomic E-state index is 13.2. The minimum absolute atomic E-state index is 0.106. The highest BCUT2D eigenvalue weighted by Gasteiger charge is 2.48.